The van der Waals surface area contributed by atoms with Crippen LogP contribution in [0.3, 0.4) is 0 Å². The molecule has 0 N–H and O–H groups in total. The van der Waals surface area contributed by atoms with Crippen LogP contribution in [0.25, 0.3) is 11.4 Å². The van der Waals surface area contributed by atoms with Gasteiger partial charge in [0.1, 0.15) is 11.0 Å². The third kappa shape index (κ3) is 2.89. The molecule has 0 atom stereocenters. The first-order valence-corrected chi connectivity index (χ1v) is 8.18. The summed E-state index contributed by atoms with van der Waals surface area (Å²) in [6.45, 7) is 2.07. The molecule has 0 aliphatic heterocycles. The van der Waals surface area contributed by atoms with Gasteiger partial charge in [-0.1, -0.05) is 47.1 Å². The van der Waals surface area contributed by atoms with Gasteiger partial charge in [-0.3, -0.25) is 0 Å². The van der Waals surface area contributed by atoms with Crippen LogP contribution in [0.1, 0.15) is 11.4 Å². The maximum Gasteiger partial charge on any atom is 0.191 e. The van der Waals surface area contributed by atoms with Gasteiger partial charge in [0.2, 0.25) is 0 Å². The second kappa shape index (κ2) is 6.14. The zero-order valence-corrected chi connectivity index (χ0v) is 14.2. The number of rotatable bonds is 4. The molecule has 22 heavy (non-hydrogen) atoms. The lowest BCUT2D eigenvalue weighted by Crippen LogP contribution is -1.98. The number of imidazole rings is 1. The van der Waals surface area contributed by atoms with E-state index in [-0.39, 0.29) is 0 Å². The Hall–Kier alpha value is -1.79. The maximum absolute atomic E-state index is 6.00. The second-order valence-electron chi connectivity index (χ2n) is 5.08. The second-order valence-corrected chi connectivity index (χ2v) is 6.41. The first-order chi connectivity index (χ1) is 10.6. The summed E-state index contributed by atoms with van der Waals surface area (Å²) < 4.78 is 3.87. The van der Waals surface area contributed by atoms with Crippen LogP contribution in [-0.2, 0) is 19.8 Å². The fraction of sp³-hybridized carbons (Fsp3) is 0.267. The lowest BCUT2D eigenvalue weighted by Gasteiger charge is -2.05. The van der Waals surface area contributed by atoms with Gasteiger partial charge in [-0.05, 0) is 13.0 Å². The Morgan fingerprint density at radius 3 is 2.68 bits per heavy atom. The number of benzene rings is 1. The first-order valence-electron chi connectivity index (χ1n) is 6.81. The van der Waals surface area contributed by atoms with Crippen molar-refractivity contribution in [1.29, 1.82) is 0 Å². The van der Waals surface area contributed by atoms with Crippen molar-refractivity contribution in [3.63, 3.8) is 0 Å². The van der Waals surface area contributed by atoms with Crippen LogP contribution in [0.2, 0.25) is 5.15 Å². The molecule has 0 fully saturated rings. The standard InChI is InChI=1S/C15H16ClN5S/c1-10-5-4-6-11(7-10)14-18-19-15(21(14)3)22-9-13-17-8-12(16)20(13)2/h4-8H,9H2,1-3H3. The molecule has 0 spiro atoms. The summed E-state index contributed by atoms with van der Waals surface area (Å²) in [5.74, 6) is 2.47. The number of hydrogen-bond acceptors (Lipinski definition) is 4. The summed E-state index contributed by atoms with van der Waals surface area (Å²) in [5, 5.41) is 10.1. The summed E-state index contributed by atoms with van der Waals surface area (Å²) >= 11 is 7.59. The van der Waals surface area contributed by atoms with Crippen LogP contribution in [0, 0.1) is 6.92 Å². The molecule has 5 nitrogen and oxygen atoms in total. The van der Waals surface area contributed by atoms with E-state index >= 15 is 0 Å². The van der Waals surface area contributed by atoms with Crippen molar-refractivity contribution in [3.05, 3.63) is 47.0 Å². The normalized spacial score (nSPS) is 11.1. The van der Waals surface area contributed by atoms with Gasteiger partial charge >= 0.3 is 0 Å². The van der Waals surface area contributed by atoms with Gasteiger partial charge in [0.15, 0.2) is 11.0 Å². The van der Waals surface area contributed by atoms with E-state index in [4.69, 9.17) is 11.6 Å². The Labute approximate surface area is 138 Å². The molecule has 7 heteroatoms. The average molecular weight is 334 g/mol. The minimum absolute atomic E-state index is 0.633. The third-order valence-corrected chi connectivity index (χ3v) is 4.84. The van der Waals surface area contributed by atoms with Crippen LogP contribution in [-0.4, -0.2) is 24.3 Å². The Bertz CT molecular complexity index is 808. The summed E-state index contributed by atoms with van der Waals surface area (Å²) in [5.41, 5.74) is 2.28. The molecule has 114 valence electrons. The molecule has 2 heterocycles. The molecule has 0 amide bonds. The van der Waals surface area contributed by atoms with E-state index in [0.29, 0.717) is 10.9 Å². The van der Waals surface area contributed by atoms with Crippen LogP contribution < -0.4 is 0 Å². The predicted molar refractivity (Wildman–Crippen MR) is 89.0 cm³/mol. The lowest BCUT2D eigenvalue weighted by molar-refractivity contribution is 0.789. The Morgan fingerprint density at radius 1 is 1.18 bits per heavy atom. The third-order valence-electron chi connectivity index (χ3n) is 3.47. The van der Waals surface area contributed by atoms with Gasteiger partial charge in [-0.2, -0.15) is 0 Å². The summed E-state index contributed by atoms with van der Waals surface area (Å²) in [7, 11) is 3.88. The highest BCUT2D eigenvalue weighted by Gasteiger charge is 2.13. The molecule has 0 saturated carbocycles. The van der Waals surface area contributed by atoms with Gasteiger partial charge in [0.25, 0.3) is 0 Å². The van der Waals surface area contributed by atoms with Gasteiger partial charge in [-0.15, -0.1) is 10.2 Å². The van der Waals surface area contributed by atoms with E-state index in [1.165, 1.54) is 5.56 Å². The molecule has 0 aliphatic carbocycles. The number of nitrogens with zero attached hydrogens (tertiary/aromatic N) is 5. The van der Waals surface area contributed by atoms with Crippen LogP contribution in [0.15, 0.2) is 35.6 Å². The smallest absolute Gasteiger partial charge is 0.191 e. The van der Waals surface area contributed by atoms with Gasteiger partial charge < -0.3 is 9.13 Å². The van der Waals surface area contributed by atoms with Gasteiger partial charge in [-0.25, -0.2) is 4.98 Å². The van der Waals surface area contributed by atoms with Crippen molar-refractivity contribution in [3.8, 4) is 11.4 Å². The van der Waals surface area contributed by atoms with Crippen molar-refractivity contribution >= 4 is 23.4 Å². The quantitative estimate of drug-likeness (QED) is 0.686. The zero-order chi connectivity index (χ0) is 15.7. The van der Waals surface area contributed by atoms with Crippen molar-refractivity contribution < 1.29 is 0 Å². The fourth-order valence-corrected chi connectivity index (χ4v) is 3.21. The van der Waals surface area contributed by atoms with Gasteiger partial charge in [0.05, 0.1) is 11.9 Å². The summed E-state index contributed by atoms with van der Waals surface area (Å²) in [6, 6.07) is 8.25. The molecular weight excluding hydrogens is 318 g/mol. The maximum atomic E-state index is 6.00. The Balaban J connectivity index is 1.80. The molecule has 0 radical (unpaired) electrons. The van der Waals surface area contributed by atoms with E-state index in [0.717, 1.165) is 22.4 Å². The largest absolute Gasteiger partial charge is 0.322 e. The molecule has 0 bridgehead atoms. The zero-order valence-electron chi connectivity index (χ0n) is 12.6. The van der Waals surface area contributed by atoms with E-state index < -0.39 is 0 Å². The Kier molecular flexibility index (Phi) is 4.22. The molecule has 0 saturated heterocycles. The van der Waals surface area contributed by atoms with E-state index in [1.807, 2.05) is 35.4 Å². The number of thioether (sulfide) groups is 1. The molecule has 2 aromatic heterocycles. The number of halogens is 1. The van der Waals surface area contributed by atoms with Crippen molar-refractivity contribution in [2.24, 2.45) is 14.1 Å². The molecule has 3 rings (SSSR count). The SMILES string of the molecule is Cc1cccc(-c2nnc(SCc3ncc(Cl)n3C)n2C)c1. The van der Waals surface area contributed by atoms with Crippen molar-refractivity contribution in [1.82, 2.24) is 24.3 Å². The number of aromatic nitrogens is 5. The monoisotopic (exact) mass is 333 g/mol. The van der Waals surface area contributed by atoms with E-state index in [9.17, 15) is 0 Å². The van der Waals surface area contributed by atoms with Crippen molar-refractivity contribution in [2.75, 3.05) is 0 Å². The van der Waals surface area contributed by atoms with E-state index in [2.05, 4.69) is 34.2 Å². The molecule has 3 aromatic rings. The number of hydrogen-bond donors (Lipinski definition) is 0. The van der Waals surface area contributed by atoms with Crippen LogP contribution in [0.4, 0.5) is 0 Å². The molecule has 0 aliphatic rings. The number of aryl methyl sites for hydroxylation is 1. The Morgan fingerprint density at radius 2 is 2.00 bits per heavy atom. The minimum Gasteiger partial charge on any atom is -0.322 e. The molecule has 0 unspecified atom stereocenters. The molecular formula is C15H16ClN5S. The summed E-state index contributed by atoms with van der Waals surface area (Å²) in [4.78, 5) is 4.29. The van der Waals surface area contributed by atoms with Crippen LogP contribution in [0.5, 0.6) is 0 Å². The molecule has 1 aromatic carbocycles. The summed E-state index contributed by atoms with van der Waals surface area (Å²) in [6.07, 6.45) is 1.66. The van der Waals surface area contributed by atoms with Crippen LogP contribution >= 0.6 is 23.4 Å². The van der Waals surface area contributed by atoms with E-state index in [1.54, 1.807) is 18.0 Å². The minimum atomic E-state index is 0.633. The fourth-order valence-electron chi connectivity index (χ4n) is 2.16. The highest BCUT2D eigenvalue weighted by Crippen LogP contribution is 2.25. The highest BCUT2D eigenvalue weighted by molar-refractivity contribution is 7.98. The first kappa shape index (κ1) is 15.1. The lowest BCUT2D eigenvalue weighted by atomic mass is 10.1. The van der Waals surface area contributed by atoms with Gasteiger partial charge in [0, 0.05) is 19.7 Å². The average Bonchev–Trinajstić information content (AvgIpc) is 3.02. The topological polar surface area (TPSA) is 48.5 Å². The highest BCUT2D eigenvalue weighted by atomic mass is 35.5. The predicted octanol–water partition coefficient (Wildman–Crippen LogP) is 3.47. The van der Waals surface area contributed by atoms with Crippen molar-refractivity contribution in [2.45, 2.75) is 17.8 Å².